The molecule has 2 aromatic carbocycles. The van der Waals surface area contributed by atoms with Gasteiger partial charge in [0.05, 0.1) is 32.1 Å². The van der Waals surface area contributed by atoms with Crippen molar-refractivity contribution in [3.8, 4) is 5.75 Å². The average molecular weight is 444 g/mol. The van der Waals surface area contributed by atoms with Crippen LogP contribution in [0.5, 0.6) is 5.75 Å². The number of anilines is 1. The van der Waals surface area contributed by atoms with Crippen molar-refractivity contribution in [1.29, 1.82) is 0 Å². The summed E-state index contributed by atoms with van der Waals surface area (Å²) in [7, 11) is 2.39. The van der Waals surface area contributed by atoms with Crippen LogP contribution >= 0.6 is 11.6 Å². The molecule has 3 rings (SSSR count). The molecule has 0 bridgehead atoms. The van der Waals surface area contributed by atoms with Gasteiger partial charge in [-0.1, -0.05) is 11.6 Å². The molecule has 0 spiro atoms. The van der Waals surface area contributed by atoms with E-state index in [2.05, 4.69) is 10.1 Å². The third-order valence-corrected chi connectivity index (χ3v) is 5.24. The van der Waals surface area contributed by atoms with Crippen LogP contribution in [0.25, 0.3) is 0 Å². The molecule has 10 heteroatoms. The van der Waals surface area contributed by atoms with Gasteiger partial charge in [0.15, 0.2) is 0 Å². The molecule has 2 N–H and O–H groups in total. The van der Waals surface area contributed by atoms with Gasteiger partial charge in [0.2, 0.25) is 5.91 Å². The first kappa shape index (κ1) is 21.9. The maximum absolute atomic E-state index is 13.4. The largest absolute Gasteiger partial charge is 0.496 e. The molecule has 0 fully saturated rings. The number of alkyl halides is 3. The number of aliphatic hydroxyl groups is 1. The van der Waals surface area contributed by atoms with E-state index in [1.165, 1.54) is 25.3 Å². The Morgan fingerprint density at radius 2 is 1.90 bits per heavy atom. The Morgan fingerprint density at radius 1 is 1.20 bits per heavy atom. The molecule has 30 heavy (non-hydrogen) atoms. The highest BCUT2D eigenvalue weighted by Crippen LogP contribution is 2.50. The summed E-state index contributed by atoms with van der Waals surface area (Å²) < 4.78 is 50.0. The van der Waals surface area contributed by atoms with Crippen molar-refractivity contribution in [3.63, 3.8) is 0 Å². The zero-order valence-electron chi connectivity index (χ0n) is 15.8. The zero-order chi connectivity index (χ0) is 22.3. The van der Waals surface area contributed by atoms with Gasteiger partial charge in [-0.25, -0.2) is 0 Å². The number of esters is 1. The molecule has 6 nitrogen and oxygen atoms in total. The monoisotopic (exact) mass is 443 g/mol. The van der Waals surface area contributed by atoms with Gasteiger partial charge in [0, 0.05) is 21.8 Å². The van der Waals surface area contributed by atoms with E-state index in [4.69, 9.17) is 16.3 Å². The van der Waals surface area contributed by atoms with Crippen molar-refractivity contribution < 1.29 is 37.3 Å². The summed E-state index contributed by atoms with van der Waals surface area (Å²) in [6.45, 7) is 0. The third kappa shape index (κ3) is 3.70. The summed E-state index contributed by atoms with van der Waals surface area (Å²) in [4.78, 5) is 24.7. The summed E-state index contributed by atoms with van der Waals surface area (Å²) in [5, 5.41) is 14.4. The maximum atomic E-state index is 13.4. The summed E-state index contributed by atoms with van der Waals surface area (Å²) in [6.07, 6.45) is -5.29. The van der Waals surface area contributed by atoms with Gasteiger partial charge in [0.25, 0.3) is 0 Å². The van der Waals surface area contributed by atoms with E-state index in [-0.39, 0.29) is 27.6 Å². The highest BCUT2D eigenvalue weighted by Gasteiger charge is 2.52. The van der Waals surface area contributed by atoms with E-state index in [0.717, 1.165) is 25.3 Å². The van der Waals surface area contributed by atoms with Crippen LogP contribution in [0.4, 0.5) is 18.9 Å². The lowest BCUT2D eigenvalue weighted by Gasteiger charge is -2.41. The molecule has 1 amide bonds. The number of methoxy groups -OCH3 is 2. The normalized spacial score (nSPS) is 20.9. The Morgan fingerprint density at radius 3 is 2.50 bits per heavy atom. The molecule has 160 valence electrons. The van der Waals surface area contributed by atoms with Crippen LogP contribution in [-0.2, 0) is 26.1 Å². The van der Waals surface area contributed by atoms with Crippen LogP contribution < -0.4 is 10.1 Å². The summed E-state index contributed by atoms with van der Waals surface area (Å²) in [5.41, 5.74) is -3.72. The Kier molecular flexibility index (Phi) is 5.70. The fraction of sp³-hybridized carbons (Fsp3) is 0.300. The smallest absolute Gasteiger partial charge is 0.416 e. The van der Waals surface area contributed by atoms with Crippen LogP contribution in [0.2, 0.25) is 5.02 Å². The summed E-state index contributed by atoms with van der Waals surface area (Å²) >= 11 is 6.06. The van der Waals surface area contributed by atoms with Gasteiger partial charge in [-0.3, -0.25) is 9.59 Å². The van der Waals surface area contributed by atoms with Gasteiger partial charge in [-0.15, -0.1) is 0 Å². The van der Waals surface area contributed by atoms with Crippen LogP contribution in [0.3, 0.4) is 0 Å². The van der Waals surface area contributed by atoms with Gasteiger partial charge in [-0.05, 0) is 36.4 Å². The Labute approximate surface area is 174 Å². The topological polar surface area (TPSA) is 84.9 Å². The van der Waals surface area contributed by atoms with Crippen molar-refractivity contribution in [2.75, 3.05) is 19.5 Å². The maximum Gasteiger partial charge on any atom is 0.416 e. The number of nitrogens with one attached hydrogen (secondary N) is 1. The quantitative estimate of drug-likeness (QED) is 0.703. The van der Waals surface area contributed by atoms with Gasteiger partial charge >= 0.3 is 12.1 Å². The van der Waals surface area contributed by atoms with Crippen LogP contribution in [-0.4, -0.2) is 31.2 Å². The molecule has 0 saturated heterocycles. The number of halogens is 4. The molecule has 1 heterocycles. The molecular weight excluding hydrogens is 427 g/mol. The second kappa shape index (κ2) is 7.81. The zero-order valence-corrected chi connectivity index (χ0v) is 16.6. The molecule has 2 aromatic rings. The number of carbonyl (C=O) groups is 2. The lowest BCUT2D eigenvalue weighted by molar-refractivity contribution is -0.148. The van der Waals surface area contributed by atoms with E-state index in [0.29, 0.717) is 0 Å². The first-order valence-corrected chi connectivity index (χ1v) is 9.06. The number of rotatable bonds is 4. The molecule has 1 aliphatic heterocycles. The van der Waals surface area contributed by atoms with Gasteiger partial charge in [-0.2, -0.15) is 13.2 Å². The predicted octanol–water partition coefficient (Wildman–Crippen LogP) is 3.73. The fourth-order valence-corrected chi connectivity index (χ4v) is 3.72. The number of hydrogen-bond acceptors (Lipinski definition) is 5. The Hall–Kier alpha value is -2.78. The molecule has 0 aromatic heterocycles. The number of hydrogen-bond donors (Lipinski definition) is 2. The molecule has 0 saturated carbocycles. The number of carbonyl (C=O) groups excluding carboxylic acids is 2. The molecule has 1 aliphatic rings. The Bertz CT molecular complexity index is 1010. The number of benzene rings is 2. The second-order valence-electron chi connectivity index (χ2n) is 6.69. The van der Waals surface area contributed by atoms with Crippen LogP contribution in [0, 0.1) is 5.92 Å². The number of amides is 1. The SMILES string of the molecule is COC(=O)CC1C(=O)Nc2ccc(C(F)(F)F)cc2C1(O)c1cc(Cl)ccc1OC. The van der Waals surface area contributed by atoms with Gasteiger partial charge < -0.3 is 19.9 Å². The first-order valence-electron chi connectivity index (χ1n) is 8.68. The second-order valence-corrected chi connectivity index (χ2v) is 7.13. The van der Waals surface area contributed by atoms with Gasteiger partial charge in [0.1, 0.15) is 11.4 Å². The van der Waals surface area contributed by atoms with Crippen molar-refractivity contribution >= 4 is 29.2 Å². The van der Waals surface area contributed by atoms with Crippen molar-refractivity contribution in [1.82, 2.24) is 0 Å². The van der Waals surface area contributed by atoms with Crippen molar-refractivity contribution in [3.05, 3.63) is 58.1 Å². The lowest BCUT2D eigenvalue weighted by atomic mass is 9.70. The highest BCUT2D eigenvalue weighted by molar-refractivity contribution is 6.30. The molecule has 0 aliphatic carbocycles. The molecule has 2 unspecified atom stereocenters. The molecule has 0 radical (unpaired) electrons. The lowest BCUT2D eigenvalue weighted by Crippen LogP contribution is -2.49. The third-order valence-electron chi connectivity index (χ3n) is 5.01. The summed E-state index contributed by atoms with van der Waals surface area (Å²) in [5.74, 6) is -3.02. The van der Waals surface area contributed by atoms with E-state index < -0.39 is 41.6 Å². The Balaban J connectivity index is 2.35. The average Bonchev–Trinajstić information content (AvgIpc) is 2.69. The van der Waals surface area contributed by atoms with Crippen LogP contribution in [0.1, 0.15) is 23.1 Å². The minimum atomic E-state index is -4.70. The van der Waals surface area contributed by atoms with E-state index in [9.17, 15) is 27.9 Å². The molecular formula is C20H17ClF3NO5. The minimum Gasteiger partial charge on any atom is -0.496 e. The van der Waals surface area contributed by atoms with Crippen LogP contribution in [0.15, 0.2) is 36.4 Å². The van der Waals surface area contributed by atoms with E-state index >= 15 is 0 Å². The van der Waals surface area contributed by atoms with Crippen molar-refractivity contribution in [2.24, 2.45) is 5.92 Å². The minimum absolute atomic E-state index is 0.0290. The van der Waals surface area contributed by atoms with Crippen molar-refractivity contribution in [2.45, 2.75) is 18.2 Å². The van der Waals surface area contributed by atoms with E-state index in [1.807, 2.05) is 0 Å². The number of fused-ring (bicyclic) bond motifs is 1. The predicted molar refractivity (Wildman–Crippen MR) is 101 cm³/mol. The fourth-order valence-electron chi connectivity index (χ4n) is 3.54. The highest BCUT2D eigenvalue weighted by atomic mass is 35.5. The molecule has 2 atom stereocenters. The summed E-state index contributed by atoms with van der Waals surface area (Å²) in [6, 6.07) is 6.72. The number of ether oxygens (including phenoxy) is 2. The standard InChI is InChI=1S/C20H17ClF3NO5/c1-29-16-6-4-11(21)8-13(16)19(28)12-7-10(20(22,23)24)3-5-15(12)25-18(27)14(19)9-17(26)30-2/h3-8,14,28H,9H2,1-2H3,(H,25,27). The van der Waals surface area contributed by atoms with E-state index in [1.54, 1.807) is 0 Å². The first-order chi connectivity index (χ1) is 14.0.